The molecular weight excluding hydrogens is 262 g/mol. The minimum atomic E-state index is -3.05. The molecule has 0 radical (unpaired) electrons. The van der Waals surface area contributed by atoms with E-state index in [9.17, 15) is 8.42 Å². The number of nitrogens with zero attached hydrogens (tertiary/aromatic N) is 2. The summed E-state index contributed by atoms with van der Waals surface area (Å²) in [5, 5.41) is 0. The van der Waals surface area contributed by atoms with Crippen LogP contribution in [0.1, 0.15) is 11.1 Å². The molecule has 1 fully saturated rings. The third-order valence-corrected chi connectivity index (χ3v) is 4.86. The number of piperazine rings is 1. The number of sulfonamides is 1. The Morgan fingerprint density at radius 2 is 1.84 bits per heavy atom. The maximum absolute atomic E-state index is 11.4. The van der Waals surface area contributed by atoms with Gasteiger partial charge in [-0.05, 0) is 30.2 Å². The first-order chi connectivity index (χ1) is 8.86. The van der Waals surface area contributed by atoms with Gasteiger partial charge in [0.15, 0.2) is 0 Å². The number of rotatable bonds is 3. The summed E-state index contributed by atoms with van der Waals surface area (Å²) in [4.78, 5) is 2.28. The zero-order valence-corrected chi connectivity index (χ0v) is 12.3. The summed E-state index contributed by atoms with van der Waals surface area (Å²) in [5.74, 6) is 0. The van der Waals surface area contributed by atoms with Crippen molar-refractivity contribution < 1.29 is 8.42 Å². The monoisotopic (exact) mass is 283 g/mol. The number of hydrogen-bond acceptors (Lipinski definition) is 4. The predicted octanol–water partition coefficient (Wildman–Crippen LogP) is 0.654. The highest BCUT2D eigenvalue weighted by Gasteiger charge is 2.23. The van der Waals surface area contributed by atoms with Gasteiger partial charge in [-0.3, -0.25) is 4.90 Å². The first kappa shape index (κ1) is 14.3. The number of anilines is 1. The lowest BCUT2D eigenvalue weighted by atomic mass is 10.1. The van der Waals surface area contributed by atoms with Gasteiger partial charge in [-0.1, -0.05) is 6.07 Å². The second-order valence-corrected chi connectivity index (χ2v) is 7.11. The summed E-state index contributed by atoms with van der Waals surface area (Å²) in [6.45, 7) is 5.61. The van der Waals surface area contributed by atoms with Crippen LogP contribution in [0.5, 0.6) is 0 Å². The maximum Gasteiger partial charge on any atom is 0.211 e. The van der Waals surface area contributed by atoms with Crippen LogP contribution in [-0.2, 0) is 16.6 Å². The SMILES string of the molecule is Cc1cc(N)ccc1CN1CCN(S(C)(=O)=O)CC1. The number of nitrogen functional groups attached to an aromatic ring is 1. The van der Waals surface area contributed by atoms with Gasteiger partial charge in [0.25, 0.3) is 0 Å². The summed E-state index contributed by atoms with van der Waals surface area (Å²) >= 11 is 0. The predicted molar refractivity (Wildman–Crippen MR) is 77.3 cm³/mol. The molecule has 0 unspecified atom stereocenters. The quantitative estimate of drug-likeness (QED) is 0.827. The molecule has 1 aromatic carbocycles. The van der Waals surface area contributed by atoms with E-state index >= 15 is 0 Å². The van der Waals surface area contributed by atoms with Crippen molar-refractivity contribution in [3.63, 3.8) is 0 Å². The summed E-state index contributed by atoms with van der Waals surface area (Å²) in [5.41, 5.74) is 8.96. The minimum absolute atomic E-state index is 0.576. The Bertz CT molecular complexity index is 549. The van der Waals surface area contributed by atoms with Crippen LogP contribution in [0.25, 0.3) is 0 Å². The van der Waals surface area contributed by atoms with Gasteiger partial charge in [-0.25, -0.2) is 8.42 Å². The second kappa shape index (κ2) is 5.48. The second-order valence-electron chi connectivity index (χ2n) is 5.12. The van der Waals surface area contributed by atoms with Gasteiger partial charge in [-0.15, -0.1) is 0 Å². The fourth-order valence-electron chi connectivity index (χ4n) is 2.36. The van der Waals surface area contributed by atoms with E-state index in [1.165, 1.54) is 17.4 Å². The van der Waals surface area contributed by atoms with Gasteiger partial charge in [0.05, 0.1) is 6.26 Å². The van der Waals surface area contributed by atoms with Gasteiger partial charge < -0.3 is 5.73 Å². The van der Waals surface area contributed by atoms with Crippen LogP contribution in [0, 0.1) is 6.92 Å². The molecule has 0 amide bonds. The maximum atomic E-state index is 11.4. The molecule has 0 bridgehead atoms. The van der Waals surface area contributed by atoms with Crippen molar-refractivity contribution in [3.05, 3.63) is 29.3 Å². The summed E-state index contributed by atoms with van der Waals surface area (Å²) in [7, 11) is -3.05. The van der Waals surface area contributed by atoms with Crippen molar-refractivity contribution in [2.75, 3.05) is 38.2 Å². The lowest BCUT2D eigenvalue weighted by Crippen LogP contribution is -2.47. The molecule has 0 aromatic heterocycles. The van der Waals surface area contributed by atoms with E-state index < -0.39 is 10.0 Å². The number of aryl methyl sites for hydroxylation is 1. The van der Waals surface area contributed by atoms with Crippen molar-refractivity contribution in [3.8, 4) is 0 Å². The molecule has 5 nitrogen and oxygen atoms in total. The average Bonchev–Trinajstić information content (AvgIpc) is 2.32. The first-order valence-electron chi connectivity index (χ1n) is 6.39. The Hall–Kier alpha value is -1.11. The highest BCUT2D eigenvalue weighted by Crippen LogP contribution is 2.16. The van der Waals surface area contributed by atoms with Crippen molar-refractivity contribution in [2.45, 2.75) is 13.5 Å². The van der Waals surface area contributed by atoms with Crippen LogP contribution in [0.15, 0.2) is 18.2 Å². The summed E-state index contributed by atoms with van der Waals surface area (Å²) in [6, 6.07) is 5.94. The van der Waals surface area contributed by atoms with Crippen LogP contribution in [0.4, 0.5) is 5.69 Å². The lowest BCUT2D eigenvalue weighted by molar-refractivity contribution is 0.182. The molecule has 106 valence electrons. The van der Waals surface area contributed by atoms with E-state index in [-0.39, 0.29) is 0 Å². The Kier molecular flexibility index (Phi) is 4.13. The van der Waals surface area contributed by atoms with Crippen LogP contribution in [0.3, 0.4) is 0 Å². The van der Waals surface area contributed by atoms with E-state index in [4.69, 9.17) is 5.73 Å². The number of benzene rings is 1. The number of hydrogen-bond donors (Lipinski definition) is 1. The van der Waals surface area contributed by atoms with E-state index in [2.05, 4.69) is 11.8 Å². The van der Waals surface area contributed by atoms with Crippen LogP contribution in [-0.4, -0.2) is 50.1 Å². The molecule has 0 spiro atoms. The molecule has 1 aliphatic rings. The molecule has 19 heavy (non-hydrogen) atoms. The van der Waals surface area contributed by atoms with E-state index in [1.54, 1.807) is 4.31 Å². The van der Waals surface area contributed by atoms with Crippen LogP contribution >= 0.6 is 0 Å². The fourth-order valence-corrected chi connectivity index (χ4v) is 3.18. The summed E-state index contributed by atoms with van der Waals surface area (Å²) in [6.07, 6.45) is 1.27. The van der Waals surface area contributed by atoms with Crippen LogP contribution in [0.2, 0.25) is 0 Å². The largest absolute Gasteiger partial charge is 0.399 e. The number of nitrogens with two attached hydrogens (primary N) is 1. The minimum Gasteiger partial charge on any atom is -0.399 e. The highest BCUT2D eigenvalue weighted by molar-refractivity contribution is 7.88. The standard InChI is InChI=1S/C13H21N3O2S/c1-11-9-13(14)4-3-12(11)10-15-5-7-16(8-6-15)19(2,17)18/h3-4,9H,5-8,10,14H2,1-2H3. The van der Waals surface area contributed by atoms with Crippen molar-refractivity contribution in [1.29, 1.82) is 0 Å². The smallest absolute Gasteiger partial charge is 0.211 e. The van der Waals surface area contributed by atoms with Crippen LogP contribution < -0.4 is 5.73 Å². The molecule has 2 N–H and O–H groups in total. The molecular formula is C13H21N3O2S. The van der Waals surface area contributed by atoms with E-state index in [1.807, 2.05) is 18.2 Å². The third kappa shape index (κ3) is 3.68. The third-order valence-electron chi connectivity index (χ3n) is 3.56. The molecule has 0 aliphatic carbocycles. The Labute approximate surface area is 115 Å². The average molecular weight is 283 g/mol. The topological polar surface area (TPSA) is 66.6 Å². The first-order valence-corrected chi connectivity index (χ1v) is 8.23. The van der Waals surface area contributed by atoms with E-state index in [0.717, 1.165) is 25.3 Å². The fraction of sp³-hybridized carbons (Fsp3) is 0.538. The van der Waals surface area contributed by atoms with Gasteiger partial charge in [0.1, 0.15) is 0 Å². The van der Waals surface area contributed by atoms with Crippen molar-refractivity contribution >= 4 is 15.7 Å². The zero-order valence-electron chi connectivity index (χ0n) is 11.5. The Morgan fingerprint density at radius 3 is 2.37 bits per heavy atom. The Morgan fingerprint density at radius 1 is 1.21 bits per heavy atom. The van der Waals surface area contributed by atoms with Crippen molar-refractivity contribution in [2.24, 2.45) is 0 Å². The van der Waals surface area contributed by atoms with Gasteiger partial charge >= 0.3 is 0 Å². The van der Waals surface area contributed by atoms with Crippen molar-refractivity contribution in [1.82, 2.24) is 9.21 Å². The normalized spacial score (nSPS) is 18.6. The highest BCUT2D eigenvalue weighted by atomic mass is 32.2. The molecule has 1 aliphatic heterocycles. The zero-order chi connectivity index (χ0) is 14.0. The molecule has 1 heterocycles. The molecule has 1 saturated heterocycles. The Balaban J connectivity index is 1.96. The molecule has 6 heteroatoms. The lowest BCUT2D eigenvalue weighted by Gasteiger charge is -2.33. The van der Waals surface area contributed by atoms with Gasteiger partial charge in [0, 0.05) is 38.4 Å². The van der Waals surface area contributed by atoms with E-state index in [0.29, 0.717) is 13.1 Å². The van der Waals surface area contributed by atoms with Gasteiger partial charge in [-0.2, -0.15) is 4.31 Å². The molecule has 2 rings (SSSR count). The van der Waals surface area contributed by atoms with Gasteiger partial charge in [0.2, 0.25) is 10.0 Å². The summed E-state index contributed by atoms with van der Waals surface area (Å²) < 4.78 is 24.4. The molecule has 0 saturated carbocycles. The molecule has 1 aromatic rings. The molecule has 0 atom stereocenters.